The van der Waals surface area contributed by atoms with Crippen molar-refractivity contribution in [2.45, 2.75) is 12.8 Å². The van der Waals surface area contributed by atoms with Crippen molar-refractivity contribution in [3.8, 4) is 5.75 Å². The Morgan fingerprint density at radius 1 is 1.07 bits per heavy atom. The number of amides is 1. The van der Waals surface area contributed by atoms with Crippen molar-refractivity contribution in [2.24, 2.45) is 0 Å². The molecular formula is C21H24N4O2. The lowest BCUT2D eigenvalue weighted by atomic mass is 10.1. The van der Waals surface area contributed by atoms with E-state index in [4.69, 9.17) is 4.74 Å². The third-order valence-electron chi connectivity index (χ3n) is 5.04. The molecule has 0 saturated carbocycles. The molecule has 1 aromatic heterocycles. The molecule has 140 valence electrons. The summed E-state index contributed by atoms with van der Waals surface area (Å²) in [5.74, 6) is 1.87. The first-order valence-electron chi connectivity index (χ1n) is 9.33. The molecule has 0 spiro atoms. The zero-order chi connectivity index (χ0) is 18.6. The maximum atomic E-state index is 12.7. The van der Waals surface area contributed by atoms with E-state index in [0.717, 1.165) is 54.3 Å². The second-order valence-corrected chi connectivity index (χ2v) is 6.82. The van der Waals surface area contributed by atoms with Crippen molar-refractivity contribution in [1.82, 2.24) is 14.9 Å². The van der Waals surface area contributed by atoms with Crippen molar-refractivity contribution in [3.63, 3.8) is 0 Å². The van der Waals surface area contributed by atoms with Gasteiger partial charge in [-0.05, 0) is 36.2 Å². The summed E-state index contributed by atoms with van der Waals surface area (Å²) >= 11 is 0. The number of nitrogens with zero attached hydrogens (tertiary/aromatic N) is 3. The highest BCUT2D eigenvalue weighted by molar-refractivity contribution is 5.79. The fourth-order valence-corrected chi connectivity index (χ4v) is 3.50. The first-order valence-corrected chi connectivity index (χ1v) is 9.33. The van der Waals surface area contributed by atoms with E-state index in [1.807, 2.05) is 53.4 Å². The summed E-state index contributed by atoms with van der Waals surface area (Å²) in [6, 6.07) is 15.8. The maximum absolute atomic E-state index is 12.7. The molecule has 1 saturated heterocycles. The van der Waals surface area contributed by atoms with Gasteiger partial charge in [-0.1, -0.05) is 24.3 Å². The Morgan fingerprint density at radius 2 is 1.89 bits per heavy atom. The van der Waals surface area contributed by atoms with Gasteiger partial charge in [-0.25, -0.2) is 4.98 Å². The minimum Gasteiger partial charge on any atom is -0.497 e. The van der Waals surface area contributed by atoms with Gasteiger partial charge in [-0.15, -0.1) is 0 Å². The number of carbonyl (C=O) groups excluding carboxylic acids is 1. The summed E-state index contributed by atoms with van der Waals surface area (Å²) in [7, 11) is 1.64. The number of aromatic amines is 1. The van der Waals surface area contributed by atoms with E-state index in [1.54, 1.807) is 7.11 Å². The first kappa shape index (κ1) is 17.4. The number of fused-ring (bicyclic) bond motifs is 1. The molecule has 1 N–H and O–H groups in total. The van der Waals surface area contributed by atoms with Gasteiger partial charge < -0.3 is 19.5 Å². The van der Waals surface area contributed by atoms with Crippen molar-refractivity contribution in [1.29, 1.82) is 0 Å². The van der Waals surface area contributed by atoms with E-state index < -0.39 is 0 Å². The van der Waals surface area contributed by atoms with Gasteiger partial charge in [0, 0.05) is 26.2 Å². The number of ether oxygens (including phenoxy) is 1. The molecule has 0 radical (unpaired) electrons. The molecule has 6 heteroatoms. The molecule has 1 aliphatic rings. The Morgan fingerprint density at radius 3 is 2.67 bits per heavy atom. The number of hydrogen-bond donors (Lipinski definition) is 1. The average Bonchev–Trinajstić information content (AvgIpc) is 2.97. The fraction of sp³-hybridized carbons (Fsp3) is 0.333. The molecule has 0 bridgehead atoms. The van der Waals surface area contributed by atoms with Gasteiger partial charge in [-0.3, -0.25) is 4.79 Å². The Kier molecular flexibility index (Phi) is 4.96. The number of para-hydroxylation sites is 2. The second kappa shape index (κ2) is 7.70. The standard InChI is InChI=1S/C21H24N4O2/c1-27-17-9-7-16(8-10-17)15-20(26)24-11-4-12-25(14-13-24)21-22-18-5-2-3-6-19(18)23-21/h2-3,5-10H,4,11-15H2,1H3,(H,22,23). The maximum Gasteiger partial charge on any atom is 0.227 e. The molecule has 2 aromatic carbocycles. The number of methoxy groups -OCH3 is 1. The molecule has 3 aromatic rings. The number of anilines is 1. The molecule has 6 nitrogen and oxygen atoms in total. The lowest BCUT2D eigenvalue weighted by Gasteiger charge is -2.22. The Bertz CT molecular complexity index is 886. The van der Waals surface area contributed by atoms with Gasteiger partial charge >= 0.3 is 0 Å². The van der Waals surface area contributed by atoms with Crippen LogP contribution in [0.25, 0.3) is 11.0 Å². The van der Waals surface area contributed by atoms with Crippen LogP contribution in [0.1, 0.15) is 12.0 Å². The molecule has 1 amide bonds. The monoisotopic (exact) mass is 364 g/mol. The van der Waals surface area contributed by atoms with Crippen LogP contribution in [0.2, 0.25) is 0 Å². The number of benzene rings is 2. The third-order valence-corrected chi connectivity index (χ3v) is 5.04. The number of hydrogen-bond acceptors (Lipinski definition) is 4. The fourth-order valence-electron chi connectivity index (χ4n) is 3.50. The van der Waals surface area contributed by atoms with E-state index in [2.05, 4.69) is 14.9 Å². The summed E-state index contributed by atoms with van der Waals surface area (Å²) in [4.78, 5) is 25.0. The van der Waals surface area contributed by atoms with Crippen molar-refractivity contribution < 1.29 is 9.53 Å². The van der Waals surface area contributed by atoms with E-state index in [1.165, 1.54) is 0 Å². The molecule has 1 aliphatic heterocycles. The zero-order valence-corrected chi connectivity index (χ0v) is 15.5. The average molecular weight is 364 g/mol. The zero-order valence-electron chi connectivity index (χ0n) is 15.5. The highest BCUT2D eigenvalue weighted by Gasteiger charge is 2.21. The number of nitrogens with one attached hydrogen (secondary N) is 1. The third kappa shape index (κ3) is 3.89. The van der Waals surface area contributed by atoms with Crippen LogP contribution in [0.5, 0.6) is 5.75 Å². The number of rotatable bonds is 4. The normalized spacial score (nSPS) is 15.0. The number of aromatic nitrogens is 2. The van der Waals surface area contributed by atoms with Crippen molar-refractivity contribution >= 4 is 22.9 Å². The molecule has 4 rings (SSSR count). The van der Waals surface area contributed by atoms with Crippen molar-refractivity contribution in [2.75, 3.05) is 38.2 Å². The summed E-state index contributed by atoms with van der Waals surface area (Å²) < 4.78 is 5.17. The Labute approximate surface area is 158 Å². The SMILES string of the molecule is COc1ccc(CC(=O)N2CCCN(c3nc4ccccc4[nH]3)CC2)cc1. The molecule has 0 aliphatic carbocycles. The van der Waals surface area contributed by atoms with Crippen LogP contribution < -0.4 is 9.64 Å². The van der Waals surface area contributed by atoms with Crippen LogP contribution in [0.3, 0.4) is 0 Å². The minimum atomic E-state index is 0.173. The van der Waals surface area contributed by atoms with Gasteiger partial charge in [-0.2, -0.15) is 0 Å². The minimum absolute atomic E-state index is 0.173. The lowest BCUT2D eigenvalue weighted by Crippen LogP contribution is -2.36. The van der Waals surface area contributed by atoms with E-state index in [0.29, 0.717) is 13.0 Å². The smallest absolute Gasteiger partial charge is 0.227 e. The molecule has 2 heterocycles. The number of H-pyrrole nitrogens is 1. The van der Waals surface area contributed by atoms with Gasteiger partial charge in [0.25, 0.3) is 0 Å². The molecular weight excluding hydrogens is 340 g/mol. The van der Waals surface area contributed by atoms with E-state index >= 15 is 0 Å². The summed E-state index contributed by atoms with van der Waals surface area (Å²) in [6.07, 6.45) is 1.36. The number of imidazole rings is 1. The predicted octanol–water partition coefficient (Wildman–Crippen LogP) is 2.85. The summed E-state index contributed by atoms with van der Waals surface area (Å²) in [5.41, 5.74) is 3.03. The van der Waals surface area contributed by atoms with E-state index in [9.17, 15) is 4.79 Å². The van der Waals surface area contributed by atoms with Crippen LogP contribution >= 0.6 is 0 Å². The number of carbonyl (C=O) groups is 1. The van der Waals surface area contributed by atoms with Gasteiger partial charge in [0.2, 0.25) is 11.9 Å². The largest absolute Gasteiger partial charge is 0.497 e. The first-order chi connectivity index (χ1) is 13.2. The van der Waals surface area contributed by atoms with Crippen LogP contribution in [-0.4, -0.2) is 54.1 Å². The van der Waals surface area contributed by atoms with Crippen LogP contribution in [0.15, 0.2) is 48.5 Å². The van der Waals surface area contributed by atoms with E-state index in [-0.39, 0.29) is 5.91 Å². The predicted molar refractivity (Wildman–Crippen MR) is 106 cm³/mol. The molecule has 27 heavy (non-hydrogen) atoms. The van der Waals surface area contributed by atoms with Gasteiger partial charge in [0.05, 0.1) is 24.6 Å². The highest BCUT2D eigenvalue weighted by Crippen LogP contribution is 2.19. The van der Waals surface area contributed by atoms with Crippen LogP contribution in [-0.2, 0) is 11.2 Å². The topological polar surface area (TPSA) is 61.5 Å². The summed E-state index contributed by atoms with van der Waals surface area (Å²) in [6.45, 7) is 3.18. The van der Waals surface area contributed by atoms with Crippen LogP contribution in [0, 0.1) is 0 Å². The highest BCUT2D eigenvalue weighted by atomic mass is 16.5. The quantitative estimate of drug-likeness (QED) is 0.773. The molecule has 1 fully saturated rings. The molecule has 0 unspecified atom stereocenters. The van der Waals surface area contributed by atoms with Crippen molar-refractivity contribution in [3.05, 3.63) is 54.1 Å². The Hall–Kier alpha value is -3.02. The van der Waals surface area contributed by atoms with Gasteiger partial charge in [0.1, 0.15) is 5.75 Å². The summed E-state index contributed by atoms with van der Waals surface area (Å²) in [5, 5.41) is 0. The van der Waals surface area contributed by atoms with Gasteiger partial charge in [0.15, 0.2) is 0 Å². The van der Waals surface area contributed by atoms with Crippen LogP contribution in [0.4, 0.5) is 5.95 Å². The lowest BCUT2D eigenvalue weighted by molar-refractivity contribution is -0.130. The second-order valence-electron chi connectivity index (χ2n) is 6.82. The molecule has 0 atom stereocenters. The Balaban J connectivity index is 1.39.